The van der Waals surface area contributed by atoms with Crippen LogP contribution in [0.5, 0.6) is 0 Å². The molecule has 2 aromatic heterocycles. The van der Waals surface area contributed by atoms with E-state index in [4.69, 9.17) is 9.47 Å². The number of hydrogen-bond donors (Lipinski definition) is 1. The molecule has 1 N–H and O–H groups in total. The Kier molecular flexibility index (Phi) is 7.27. The molecule has 0 aliphatic carbocycles. The van der Waals surface area contributed by atoms with Gasteiger partial charge in [-0.05, 0) is 72.5 Å². The maximum Gasteiger partial charge on any atom is 0.252 e. The normalized spacial score (nSPS) is 21.5. The van der Waals surface area contributed by atoms with Gasteiger partial charge in [0.25, 0.3) is 5.56 Å². The van der Waals surface area contributed by atoms with E-state index in [2.05, 4.69) is 52.2 Å². The molecule has 9 nitrogen and oxygen atoms in total. The molecule has 1 aromatic carbocycles. The van der Waals surface area contributed by atoms with E-state index < -0.39 is 0 Å². The molecule has 9 heteroatoms. The van der Waals surface area contributed by atoms with Crippen molar-refractivity contribution in [3.63, 3.8) is 0 Å². The van der Waals surface area contributed by atoms with Crippen molar-refractivity contribution in [1.82, 2.24) is 30.1 Å². The molecule has 3 atom stereocenters. The highest BCUT2D eigenvalue weighted by atomic mass is 16.5. The van der Waals surface area contributed by atoms with Gasteiger partial charge in [-0.25, -0.2) is 4.68 Å². The van der Waals surface area contributed by atoms with Gasteiger partial charge in [-0.2, -0.15) is 0 Å². The number of ether oxygens (including phenoxy) is 2. The van der Waals surface area contributed by atoms with Crippen LogP contribution in [0.1, 0.15) is 62.5 Å². The van der Waals surface area contributed by atoms with E-state index in [-0.39, 0.29) is 29.7 Å². The molecular weight excluding hydrogens is 444 g/mol. The van der Waals surface area contributed by atoms with Crippen molar-refractivity contribution >= 4 is 10.9 Å². The van der Waals surface area contributed by atoms with E-state index in [9.17, 15) is 4.79 Å². The molecule has 0 radical (unpaired) electrons. The van der Waals surface area contributed by atoms with Gasteiger partial charge in [0, 0.05) is 37.4 Å². The number of nitrogens with one attached hydrogen (secondary N) is 1. The van der Waals surface area contributed by atoms with Gasteiger partial charge in [0.05, 0.1) is 24.8 Å². The zero-order chi connectivity index (χ0) is 24.4. The van der Waals surface area contributed by atoms with Crippen molar-refractivity contribution in [3.05, 3.63) is 51.6 Å². The van der Waals surface area contributed by atoms with E-state index >= 15 is 0 Å². The van der Waals surface area contributed by atoms with Crippen LogP contribution in [0.3, 0.4) is 0 Å². The molecule has 188 valence electrons. The average Bonchev–Trinajstić information content (AvgIpc) is 3.59. The topological polar surface area (TPSA) is 98.2 Å². The number of fused-ring (bicyclic) bond motifs is 1. The number of tetrazole rings is 1. The minimum atomic E-state index is -0.0665. The Morgan fingerprint density at radius 1 is 1.14 bits per heavy atom. The SMILES string of the molecule is Cc1ccc2[nH]c(=O)c(CN(C[C@@H]3CCCO3)[C@H](c3nnnn3C[C@@H]3CCCO3)C(C)C)cc2c1. The first-order valence-corrected chi connectivity index (χ1v) is 12.8. The summed E-state index contributed by atoms with van der Waals surface area (Å²) >= 11 is 0. The first-order valence-electron chi connectivity index (χ1n) is 12.8. The number of nitrogens with zero attached hydrogens (tertiary/aromatic N) is 5. The van der Waals surface area contributed by atoms with Gasteiger partial charge in [0.15, 0.2) is 5.82 Å². The van der Waals surface area contributed by atoms with E-state index in [0.29, 0.717) is 13.1 Å². The highest BCUT2D eigenvalue weighted by molar-refractivity contribution is 5.79. The van der Waals surface area contributed by atoms with Crippen LogP contribution in [0.2, 0.25) is 0 Å². The minimum Gasteiger partial charge on any atom is -0.377 e. The zero-order valence-electron chi connectivity index (χ0n) is 20.9. The summed E-state index contributed by atoms with van der Waals surface area (Å²) in [5.41, 5.74) is 2.71. The van der Waals surface area contributed by atoms with E-state index in [1.54, 1.807) is 0 Å². The van der Waals surface area contributed by atoms with Crippen LogP contribution < -0.4 is 5.56 Å². The molecule has 5 rings (SSSR count). The van der Waals surface area contributed by atoms with Crippen molar-refractivity contribution in [3.8, 4) is 0 Å². The highest BCUT2D eigenvalue weighted by Gasteiger charge is 2.33. The quantitative estimate of drug-likeness (QED) is 0.501. The molecule has 35 heavy (non-hydrogen) atoms. The number of pyridine rings is 1. The number of H-pyrrole nitrogens is 1. The lowest BCUT2D eigenvalue weighted by Gasteiger charge is -2.35. The second kappa shape index (κ2) is 10.6. The summed E-state index contributed by atoms with van der Waals surface area (Å²) in [6, 6.07) is 8.06. The molecule has 0 unspecified atom stereocenters. The van der Waals surface area contributed by atoms with E-state index in [1.165, 1.54) is 5.56 Å². The Hall–Kier alpha value is -2.62. The molecule has 2 saturated heterocycles. The van der Waals surface area contributed by atoms with Crippen molar-refractivity contribution in [1.29, 1.82) is 0 Å². The van der Waals surface area contributed by atoms with Crippen LogP contribution in [0.4, 0.5) is 0 Å². The second-order valence-corrected chi connectivity index (χ2v) is 10.3. The summed E-state index contributed by atoms with van der Waals surface area (Å²) in [4.78, 5) is 18.5. The minimum absolute atomic E-state index is 0.0554. The fraction of sp³-hybridized carbons (Fsp3) is 0.615. The number of aromatic nitrogens is 5. The van der Waals surface area contributed by atoms with Gasteiger partial charge in [-0.3, -0.25) is 9.69 Å². The summed E-state index contributed by atoms with van der Waals surface area (Å²) in [5.74, 6) is 1.05. The summed E-state index contributed by atoms with van der Waals surface area (Å²) in [6.07, 6.45) is 4.47. The first-order chi connectivity index (χ1) is 17.0. The zero-order valence-corrected chi connectivity index (χ0v) is 20.9. The number of aryl methyl sites for hydroxylation is 1. The Bertz CT molecular complexity index is 1190. The lowest BCUT2D eigenvalue weighted by atomic mass is 9.99. The molecule has 2 aliphatic rings. The largest absolute Gasteiger partial charge is 0.377 e. The molecule has 0 spiro atoms. The summed E-state index contributed by atoms with van der Waals surface area (Å²) in [5, 5.41) is 13.9. The Labute approximate surface area is 205 Å². The summed E-state index contributed by atoms with van der Waals surface area (Å²) in [7, 11) is 0. The third-order valence-corrected chi connectivity index (χ3v) is 7.16. The highest BCUT2D eigenvalue weighted by Crippen LogP contribution is 2.31. The van der Waals surface area contributed by atoms with Crippen molar-refractivity contribution in [2.75, 3.05) is 19.8 Å². The van der Waals surface area contributed by atoms with E-state index in [0.717, 1.165) is 67.7 Å². The molecular formula is C26H36N6O3. The van der Waals surface area contributed by atoms with Crippen LogP contribution >= 0.6 is 0 Å². The molecule has 0 bridgehead atoms. The van der Waals surface area contributed by atoms with Gasteiger partial charge in [-0.15, -0.1) is 5.10 Å². The van der Waals surface area contributed by atoms with Crippen LogP contribution in [0.25, 0.3) is 10.9 Å². The molecule has 0 saturated carbocycles. The lowest BCUT2D eigenvalue weighted by molar-refractivity contribution is 0.0365. The third-order valence-electron chi connectivity index (χ3n) is 7.16. The third kappa shape index (κ3) is 5.47. The molecule has 2 aliphatic heterocycles. The lowest BCUT2D eigenvalue weighted by Crippen LogP contribution is -2.40. The van der Waals surface area contributed by atoms with Crippen molar-refractivity contribution < 1.29 is 9.47 Å². The summed E-state index contributed by atoms with van der Waals surface area (Å²) < 4.78 is 13.8. The summed E-state index contributed by atoms with van der Waals surface area (Å²) in [6.45, 7) is 9.89. The number of benzene rings is 1. The number of rotatable bonds is 9. The van der Waals surface area contributed by atoms with Crippen molar-refractivity contribution in [2.45, 2.75) is 77.8 Å². The van der Waals surface area contributed by atoms with Gasteiger partial charge >= 0.3 is 0 Å². The average molecular weight is 481 g/mol. The van der Waals surface area contributed by atoms with Crippen LogP contribution in [-0.2, 0) is 22.6 Å². The Morgan fingerprint density at radius 3 is 2.63 bits per heavy atom. The Morgan fingerprint density at radius 2 is 1.91 bits per heavy atom. The number of aromatic amines is 1. The van der Waals surface area contributed by atoms with Gasteiger partial charge in [0.2, 0.25) is 0 Å². The number of hydrogen-bond acceptors (Lipinski definition) is 7. The van der Waals surface area contributed by atoms with Gasteiger partial charge < -0.3 is 14.5 Å². The molecule has 2 fully saturated rings. The predicted octanol–water partition coefficient (Wildman–Crippen LogP) is 3.38. The second-order valence-electron chi connectivity index (χ2n) is 10.3. The fourth-order valence-corrected chi connectivity index (χ4v) is 5.45. The first kappa shape index (κ1) is 24.1. The fourth-order valence-electron chi connectivity index (χ4n) is 5.45. The molecule has 3 aromatic rings. The Balaban J connectivity index is 1.49. The predicted molar refractivity (Wildman–Crippen MR) is 133 cm³/mol. The van der Waals surface area contributed by atoms with Gasteiger partial charge in [-0.1, -0.05) is 25.5 Å². The van der Waals surface area contributed by atoms with Crippen molar-refractivity contribution in [2.24, 2.45) is 5.92 Å². The molecule has 4 heterocycles. The maximum atomic E-state index is 13.1. The standard InChI is InChI=1S/C26H36N6O3/c1-17(2)24(25-28-29-30-32(25)16-22-7-5-11-35-22)31(15-21-6-4-10-34-21)14-20-13-19-12-18(3)8-9-23(19)27-26(20)33/h8-9,12-13,17,21-22,24H,4-7,10-11,14-16H2,1-3H3,(H,27,33)/t21-,22-,24-/m0/s1. The monoisotopic (exact) mass is 480 g/mol. The van der Waals surface area contributed by atoms with E-state index in [1.807, 2.05) is 22.9 Å². The van der Waals surface area contributed by atoms with Crippen LogP contribution in [-0.4, -0.2) is 62.1 Å². The molecule has 0 amide bonds. The maximum absolute atomic E-state index is 13.1. The van der Waals surface area contributed by atoms with Gasteiger partial charge in [0.1, 0.15) is 0 Å². The van der Waals surface area contributed by atoms with Crippen LogP contribution in [0, 0.1) is 12.8 Å². The smallest absolute Gasteiger partial charge is 0.252 e. The van der Waals surface area contributed by atoms with Crippen LogP contribution in [0.15, 0.2) is 29.1 Å².